The zero-order chi connectivity index (χ0) is 21.8. The van der Waals surface area contributed by atoms with E-state index < -0.39 is 10.0 Å². The summed E-state index contributed by atoms with van der Waals surface area (Å²) >= 11 is 0. The van der Waals surface area contributed by atoms with E-state index in [1.165, 1.54) is 43.4 Å². The summed E-state index contributed by atoms with van der Waals surface area (Å²) in [6.07, 6.45) is 4.12. The fraction of sp³-hybridized carbons (Fsp3) is 0.500. The summed E-state index contributed by atoms with van der Waals surface area (Å²) in [5.41, 5.74) is 1.68. The van der Waals surface area contributed by atoms with E-state index in [-0.39, 0.29) is 10.8 Å². The molecule has 0 bridgehead atoms. The van der Waals surface area contributed by atoms with Crippen molar-refractivity contribution in [2.75, 3.05) is 45.2 Å². The van der Waals surface area contributed by atoms with Crippen LogP contribution in [-0.2, 0) is 10.0 Å². The van der Waals surface area contributed by atoms with E-state index in [2.05, 4.69) is 20.9 Å². The summed E-state index contributed by atoms with van der Waals surface area (Å²) in [4.78, 5) is 26.3. The van der Waals surface area contributed by atoms with Crippen LogP contribution in [-0.4, -0.2) is 73.8 Å². The fourth-order valence-corrected chi connectivity index (χ4v) is 5.55. The van der Waals surface area contributed by atoms with Crippen LogP contribution in [0.5, 0.6) is 0 Å². The number of rotatable bonds is 5. The Bertz CT molecular complexity index is 1080. The molecule has 31 heavy (non-hydrogen) atoms. The number of aromatic nitrogens is 2. The predicted octanol–water partition coefficient (Wildman–Crippen LogP) is 1.81. The Morgan fingerprint density at radius 1 is 1.00 bits per heavy atom. The molecule has 0 spiro atoms. The van der Waals surface area contributed by atoms with Crippen molar-refractivity contribution in [2.24, 2.45) is 11.8 Å². The van der Waals surface area contributed by atoms with Crippen molar-refractivity contribution in [2.45, 2.75) is 23.7 Å². The molecule has 1 amide bonds. The van der Waals surface area contributed by atoms with Crippen molar-refractivity contribution in [3.05, 3.63) is 47.9 Å². The molecule has 3 heterocycles. The number of hydrogen-bond donors (Lipinski definition) is 0. The minimum absolute atomic E-state index is 0.0344. The molecule has 1 aliphatic carbocycles. The van der Waals surface area contributed by atoms with Crippen LogP contribution >= 0.6 is 0 Å². The van der Waals surface area contributed by atoms with Gasteiger partial charge in [0.25, 0.3) is 5.91 Å². The van der Waals surface area contributed by atoms with E-state index in [0.29, 0.717) is 23.3 Å². The highest BCUT2D eigenvalue weighted by molar-refractivity contribution is 7.89. The maximum atomic E-state index is 13.0. The molecule has 3 fully saturated rings. The van der Waals surface area contributed by atoms with E-state index >= 15 is 0 Å². The van der Waals surface area contributed by atoms with Gasteiger partial charge in [0.2, 0.25) is 10.0 Å². The van der Waals surface area contributed by atoms with Crippen molar-refractivity contribution in [1.82, 2.24) is 19.2 Å². The first-order chi connectivity index (χ1) is 14.8. The second-order valence-corrected chi connectivity index (χ2v) is 11.2. The van der Waals surface area contributed by atoms with Gasteiger partial charge in [-0.05, 0) is 37.1 Å². The maximum absolute atomic E-state index is 13.0. The summed E-state index contributed by atoms with van der Waals surface area (Å²) in [5, 5.41) is 0. The van der Waals surface area contributed by atoms with Gasteiger partial charge in [-0.25, -0.2) is 22.7 Å². The Labute approximate surface area is 182 Å². The molecule has 8 nitrogen and oxygen atoms in total. The Morgan fingerprint density at radius 3 is 2.23 bits per heavy atom. The molecular formula is C22H27N5O3S. The quantitative estimate of drug-likeness (QED) is 0.703. The first-order valence-electron chi connectivity index (χ1n) is 10.7. The second kappa shape index (κ2) is 7.56. The van der Waals surface area contributed by atoms with Gasteiger partial charge in [-0.2, -0.15) is 0 Å². The van der Waals surface area contributed by atoms with Crippen molar-refractivity contribution in [1.29, 1.82) is 0 Å². The number of sulfonamides is 1. The average Bonchev–Trinajstić information content (AvgIpc) is 3.43. The molecule has 2 atom stereocenters. The van der Waals surface area contributed by atoms with Crippen LogP contribution < -0.4 is 4.90 Å². The third-order valence-electron chi connectivity index (χ3n) is 6.65. The lowest BCUT2D eigenvalue weighted by Crippen LogP contribution is -2.33. The van der Waals surface area contributed by atoms with Crippen LogP contribution in [0.4, 0.5) is 5.82 Å². The molecule has 2 aliphatic heterocycles. The first kappa shape index (κ1) is 20.4. The molecule has 1 aromatic carbocycles. The number of carbonyl (C=O) groups excluding carboxylic acids is 1. The normalized spacial score (nSPS) is 23.5. The van der Waals surface area contributed by atoms with Crippen molar-refractivity contribution < 1.29 is 13.2 Å². The molecule has 5 rings (SSSR count). The largest absolute Gasteiger partial charge is 0.356 e. The van der Waals surface area contributed by atoms with Crippen molar-refractivity contribution in [3.63, 3.8) is 0 Å². The zero-order valence-electron chi connectivity index (χ0n) is 17.8. The van der Waals surface area contributed by atoms with Gasteiger partial charge in [-0.1, -0.05) is 0 Å². The van der Waals surface area contributed by atoms with Crippen molar-refractivity contribution >= 4 is 21.7 Å². The number of amides is 1. The second-order valence-electron chi connectivity index (χ2n) is 9.02. The summed E-state index contributed by atoms with van der Waals surface area (Å²) in [6, 6.07) is 8.37. The van der Waals surface area contributed by atoms with Crippen molar-refractivity contribution in [3.8, 4) is 0 Å². The molecule has 0 N–H and O–H groups in total. The molecule has 2 unspecified atom stereocenters. The molecule has 9 heteroatoms. The van der Waals surface area contributed by atoms with Gasteiger partial charge in [-0.15, -0.1) is 0 Å². The highest BCUT2D eigenvalue weighted by Gasteiger charge is 2.42. The minimum atomic E-state index is -3.50. The summed E-state index contributed by atoms with van der Waals surface area (Å²) < 4.78 is 25.6. The van der Waals surface area contributed by atoms with E-state index in [1.54, 1.807) is 18.5 Å². The van der Waals surface area contributed by atoms with Gasteiger partial charge in [0.05, 0.1) is 4.90 Å². The summed E-state index contributed by atoms with van der Waals surface area (Å²) in [6.45, 7) is 3.24. The van der Waals surface area contributed by atoms with Gasteiger partial charge < -0.3 is 9.80 Å². The third-order valence-corrected chi connectivity index (χ3v) is 8.48. The monoisotopic (exact) mass is 441 g/mol. The molecule has 2 aromatic rings. The zero-order valence-corrected chi connectivity index (χ0v) is 18.6. The molecule has 164 valence electrons. The fourth-order valence-electron chi connectivity index (χ4n) is 4.65. The highest BCUT2D eigenvalue weighted by Crippen LogP contribution is 2.40. The lowest BCUT2D eigenvalue weighted by Gasteiger charge is -2.23. The number of likely N-dealkylation sites (tertiary alicyclic amines) is 1. The maximum Gasteiger partial charge on any atom is 0.253 e. The van der Waals surface area contributed by atoms with Crippen LogP contribution in [0.25, 0.3) is 0 Å². The molecular weight excluding hydrogens is 414 g/mol. The predicted molar refractivity (Wildman–Crippen MR) is 116 cm³/mol. The number of carbonyl (C=O) groups is 1. The standard InChI is InChI=1S/C22H27N5O3S/c1-25(2)31(29,30)19-7-5-16(6-8-19)22(28)27-12-17-10-26(11-18(17)13-27)21-9-20(15-3-4-15)23-14-24-21/h5-9,14-15,17-18H,3-4,10-13H2,1-2H3. The molecule has 3 aliphatic rings. The lowest BCUT2D eigenvalue weighted by atomic mass is 10.0. The van der Waals surface area contributed by atoms with Crippen LogP contribution in [0.2, 0.25) is 0 Å². The molecule has 1 aromatic heterocycles. The van der Waals surface area contributed by atoms with Gasteiger partial charge in [-0.3, -0.25) is 4.79 Å². The number of hydrogen-bond acceptors (Lipinski definition) is 6. The van der Waals surface area contributed by atoms with Gasteiger partial charge in [0, 0.05) is 75.4 Å². The van der Waals surface area contributed by atoms with Crippen LogP contribution in [0, 0.1) is 11.8 Å². The summed E-state index contributed by atoms with van der Waals surface area (Å²) in [5.74, 6) is 2.43. The molecule has 0 radical (unpaired) electrons. The van der Waals surface area contributed by atoms with E-state index in [9.17, 15) is 13.2 Å². The Kier molecular flexibility index (Phi) is 4.97. The minimum Gasteiger partial charge on any atom is -0.356 e. The average molecular weight is 442 g/mol. The smallest absolute Gasteiger partial charge is 0.253 e. The van der Waals surface area contributed by atoms with Gasteiger partial charge in [0.15, 0.2) is 0 Å². The van der Waals surface area contributed by atoms with Crippen LogP contribution in [0.15, 0.2) is 41.6 Å². The van der Waals surface area contributed by atoms with E-state index in [4.69, 9.17) is 0 Å². The number of anilines is 1. The number of nitrogens with zero attached hydrogens (tertiary/aromatic N) is 5. The van der Waals surface area contributed by atoms with E-state index in [1.807, 2.05) is 4.90 Å². The lowest BCUT2D eigenvalue weighted by molar-refractivity contribution is 0.0782. The van der Waals surface area contributed by atoms with Crippen LogP contribution in [0.3, 0.4) is 0 Å². The number of fused-ring (bicyclic) bond motifs is 1. The van der Waals surface area contributed by atoms with Crippen LogP contribution in [0.1, 0.15) is 34.8 Å². The molecule has 1 saturated carbocycles. The Hall–Kier alpha value is -2.52. The van der Waals surface area contributed by atoms with Gasteiger partial charge >= 0.3 is 0 Å². The number of benzene rings is 1. The first-order valence-corrected chi connectivity index (χ1v) is 12.2. The van der Waals surface area contributed by atoms with Gasteiger partial charge in [0.1, 0.15) is 12.1 Å². The Morgan fingerprint density at radius 2 is 1.65 bits per heavy atom. The Balaban J connectivity index is 1.23. The summed E-state index contributed by atoms with van der Waals surface area (Å²) in [7, 11) is -0.506. The van der Waals surface area contributed by atoms with E-state index in [0.717, 1.165) is 37.7 Å². The topological polar surface area (TPSA) is 86.7 Å². The third kappa shape index (κ3) is 3.80. The molecule has 2 saturated heterocycles. The highest BCUT2D eigenvalue weighted by atomic mass is 32.2. The SMILES string of the molecule is CN(C)S(=O)(=O)c1ccc(C(=O)N2CC3CN(c4cc(C5CC5)ncn4)CC3C2)cc1.